The molecule has 0 heterocycles. The van der Waals surface area contributed by atoms with Crippen molar-refractivity contribution in [1.82, 2.24) is 5.32 Å². The first-order valence-corrected chi connectivity index (χ1v) is 8.08. The first-order valence-electron chi connectivity index (χ1n) is 8.08. The summed E-state index contributed by atoms with van der Waals surface area (Å²) >= 11 is 0. The van der Waals surface area contributed by atoms with Gasteiger partial charge in [0.2, 0.25) is 5.91 Å². The fourth-order valence-corrected chi connectivity index (χ4v) is 2.06. The summed E-state index contributed by atoms with van der Waals surface area (Å²) in [6, 6.07) is -0.0626. The Morgan fingerprint density at radius 1 is 1.35 bits per heavy atom. The highest BCUT2D eigenvalue weighted by atomic mass is 16.5. The molecule has 0 aliphatic heterocycles. The number of rotatable bonds is 6. The van der Waals surface area contributed by atoms with Crippen LogP contribution >= 0.6 is 0 Å². The second kappa shape index (κ2) is 15.0. The maximum Gasteiger partial charge on any atom is 0.333 e. The van der Waals surface area contributed by atoms with Crippen LogP contribution in [0.4, 0.5) is 0 Å². The van der Waals surface area contributed by atoms with Crippen molar-refractivity contribution in [1.29, 1.82) is 5.26 Å². The van der Waals surface area contributed by atoms with E-state index in [4.69, 9.17) is 14.7 Å². The molecule has 132 valence electrons. The molecule has 0 aromatic rings. The third-order valence-corrected chi connectivity index (χ3v) is 3.12. The van der Waals surface area contributed by atoms with E-state index in [0.29, 0.717) is 31.4 Å². The number of hydrogen-bond donors (Lipinski definition) is 1. The number of ether oxygens (including phenoxy) is 2. The van der Waals surface area contributed by atoms with Crippen molar-refractivity contribution in [3.63, 3.8) is 0 Å². The van der Waals surface area contributed by atoms with Gasteiger partial charge in [-0.15, -0.1) is 0 Å². The zero-order valence-electron chi connectivity index (χ0n) is 14.9. The molecule has 1 aliphatic carbocycles. The normalized spacial score (nSPS) is 19.0. The van der Waals surface area contributed by atoms with E-state index >= 15 is 0 Å². The molecule has 0 spiro atoms. The number of nitriles is 1. The maximum atomic E-state index is 11.5. The second-order valence-electron chi connectivity index (χ2n) is 4.59. The SMILES string of the molecule is C#N.CC.CCCO[C@@H]1C=C(C(=O)OC)CCC1NC(=O)CC. The van der Waals surface area contributed by atoms with E-state index in [0.717, 1.165) is 6.42 Å². The first-order chi connectivity index (χ1) is 11.1. The minimum atomic E-state index is -0.314. The van der Waals surface area contributed by atoms with Crippen LogP contribution in [0.2, 0.25) is 0 Å². The van der Waals surface area contributed by atoms with Gasteiger partial charge in [-0.2, -0.15) is 0 Å². The van der Waals surface area contributed by atoms with Crippen LogP contribution in [-0.4, -0.2) is 37.7 Å². The standard InChI is InChI=1S/C14H23NO4.C2H6.CHN/c1-4-8-19-12-9-10(14(17)18-3)6-7-11(12)15-13(16)5-2;2*1-2/h9,11-12H,4-8H2,1-3H3,(H,15,16);1-2H3;1H/t11?,12-;;/m1../s1. The summed E-state index contributed by atoms with van der Waals surface area (Å²) < 4.78 is 10.4. The number of methoxy groups -OCH3 is 1. The number of carbonyl (C=O) groups is 2. The lowest BCUT2D eigenvalue weighted by Crippen LogP contribution is -2.45. The molecule has 6 heteroatoms. The third kappa shape index (κ3) is 8.99. The number of nitrogens with zero attached hydrogens (tertiary/aromatic N) is 1. The molecule has 0 saturated heterocycles. The van der Waals surface area contributed by atoms with E-state index in [-0.39, 0.29) is 24.0 Å². The summed E-state index contributed by atoms with van der Waals surface area (Å²) in [5, 5.41) is 9.44. The largest absolute Gasteiger partial charge is 0.466 e. The highest BCUT2D eigenvalue weighted by molar-refractivity contribution is 5.88. The highest BCUT2D eigenvalue weighted by Crippen LogP contribution is 2.22. The monoisotopic (exact) mass is 326 g/mol. The average molecular weight is 326 g/mol. The van der Waals surface area contributed by atoms with Crippen LogP contribution in [0.1, 0.15) is 53.4 Å². The van der Waals surface area contributed by atoms with Gasteiger partial charge in [-0.1, -0.05) is 27.7 Å². The molecule has 23 heavy (non-hydrogen) atoms. The molecule has 1 rings (SSSR count). The summed E-state index contributed by atoms with van der Waals surface area (Å²) in [5.74, 6) is -0.310. The van der Waals surface area contributed by atoms with Crippen LogP contribution in [0.25, 0.3) is 0 Å². The summed E-state index contributed by atoms with van der Waals surface area (Å²) in [6.45, 7) is 11.9. The summed E-state index contributed by atoms with van der Waals surface area (Å²) in [7, 11) is 1.37. The van der Waals surface area contributed by atoms with E-state index < -0.39 is 0 Å². The highest BCUT2D eigenvalue weighted by Gasteiger charge is 2.28. The Hall–Kier alpha value is -1.87. The topological polar surface area (TPSA) is 88.4 Å². The van der Waals surface area contributed by atoms with Crippen molar-refractivity contribution >= 4 is 11.9 Å². The molecule has 1 aliphatic rings. The lowest BCUT2D eigenvalue weighted by atomic mass is 9.92. The fourth-order valence-electron chi connectivity index (χ4n) is 2.06. The predicted octanol–water partition coefficient (Wildman–Crippen LogP) is 2.74. The first kappa shape index (κ1) is 23.4. The second-order valence-corrected chi connectivity index (χ2v) is 4.59. The number of amides is 1. The van der Waals surface area contributed by atoms with Crippen LogP contribution in [0, 0.1) is 11.8 Å². The van der Waals surface area contributed by atoms with Crippen LogP contribution in [0.3, 0.4) is 0 Å². The Bertz CT molecular complexity index is 391. The van der Waals surface area contributed by atoms with Gasteiger partial charge in [0.1, 0.15) is 0 Å². The van der Waals surface area contributed by atoms with Gasteiger partial charge in [0.15, 0.2) is 0 Å². The number of nitrogens with one attached hydrogen (secondary N) is 1. The summed E-state index contributed by atoms with van der Waals surface area (Å²) in [5.41, 5.74) is 0.630. The molecule has 1 amide bonds. The molecule has 0 bridgehead atoms. The van der Waals surface area contributed by atoms with E-state index in [9.17, 15) is 9.59 Å². The zero-order valence-corrected chi connectivity index (χ0v) is 14.9. The minimum Gasteiger partial charge on any atom is -0.466 e. The van der Waals surface area contributed by atoms with Crippen molar-refractivity contribution in [3.05, 3.63) is 11.6 Å². The Kier molecular flexibility index (Phi) is 15.3. The number of esters is 1. The molecule has 2 atom stereocenters. The molecule has 0 aromatic heterocycles. The third-order valence-electron chi connectivity index (χ3n) is 3.12. The molecule has 1 unspecified atom stereocenters. The predicted molar refractivity (Wildman–Crippen MR) is 89.6 cm³/mol. The van der Waals surface area contributed by atoms with Gasteiger partial charge in [0.25, 0.3) is 0 Å². The van der Waals surface area contributed by atoms with E-state index in [1.165, 1.54) is 7.11 Å². The van der Waals surface area contributed by atoms with Crippen LogP contribution in [0.5, 0.6) is 0 Å². The van der Waals surface area contributed by atoms with Gasteiger partial charge >= 0.3 is 5.97 Å². The lowest BCUT2D eigenvalue weighted by Gasteiger charge is -2.30. The molecule has 0 radical (unpaired) electrons. The van der Waals surface area contributed by atoms with Gasteiger partial charge in [-0.25, -0.2) is 10.1 Å². The quantitative estimate of drug-likeness (QED) is 0.758. The van der Waals surface area contributed by atoms with Crippen molar-refractivity contribution in [2.24, 2.45) is 0 Å². The van der Waals surface area contributed by atoms with Gasteiger partial charge < -0.3 is 14.8 Å². The lowest BCUT2D eigenvalue weighted by molar-refractivity contribution is -0.136. The zero-order chi connectivity index (χ0) is 18.3. The maximum absolute atomic E-state index is 11.5. The van der Waals surface area contributed by atoms with Crippen molar-refractivity contribution in [2.45, 2.75) is 65.5 Å². The summed E-state index contributed by atoms with van der Waals surface area (Å²) in [6.07, 6.45) is 4.18. The van der Waals surface area contributed by atoms with E-state index in [1.54, 1.807) is 6.08 Å². The Morgan fingerprint density at radius 2 is 1.96 bits per heavy atom. The van der Waals surface area contributed by atoms with Crippen molar-refractivity contribution in [3.8, 4) is 6.57 Å². The molecule has 0 aromatic carbocycles. The Morgan fingerprint density at radius 3 is 2.43 bits per heavy atom. The van der Waals surface area contributed by atoms with Gasteiger partial charge in [-0.3, -0.25) is 4.79 Å². The average Bonchev–Trinajstić information content (AvgIpc) is 2.63. The molecular weight excluding hydrogens is 296 g/mol. The molecule has 0 saturated carbocycles. The number of carbonyl (C=O) groups excluding carboxylic acids is 2. The molecule has 1 N–H and O–H groups in total. The Balaban J connectivity index is 0. The molecular formula is C17H30N2O4. The van der Waals surface area contributed by atoms with Crippen molar-refractivity contribution in [2.75, 3.05) is 13.7 Å². The van der Waals surface area contributed by atoms with E-state index in [2.05, 4.69) is 11.9 Å². The van der Waals surface area contributed by atoms with Gasteiger partial charge in [0.05, 0.1) is 19.3 Å². The van der Waals surface area contributed by atoms with Crippen molar-refractivity contribution < 1.29 is 19.1 Å². The molecule has 6 nitrogen and oxygen atoms in total. The van der Waals surface area contributed by atoms with Gasteiger partial charge in [0, 0.05) is 25.2 Å². The van der Waals surface area contributed by atoms with Crippen LogP contribution < -0.4 is 5.32 Å². The smallest absolute Gasteiger partial charge is 0.333 e. The van der Waals surface area contributed by atoms with Gasteiger partial charge in [-0.05, 0) is 25.3 Å². The van der Waals surface area contributed by atoms with E-state index in [1.807, 2.05) is 27.7 Å². The van der Waals surface area contributed by atoms with Crippen LogP contribution in [-0.2, 0) is 19.1 Å². The van der Waals surface area contributed by atoms with Crippen LogP contribution in [0.15, 0.2) is 11.6 Å². The molecule has 0 fully saturated rings. The minimum absolute atomic E-state index is 0.00464. The number of hydrogen-bond acceptors (Lipinski definition) is 5. The Labute approximate surface area is 139 Å². The summed E-state index contributed by atoms with van der Waals surface area (Å²) in [4.78, 5) is 23.0. The fraction of sp³-hybridized carbons (Fsp3) is 0.706.